The van der Waals surface area contributed by atoms with E-state index in [2.05, 4.69) is 16.8 Å². The van der Waals surface area contributed by atoms with Gasteiger partial charge in [-0.05, 0) is 24.3 Å². The largest absolute Gasteiger partial charge is 0.348 e. The molecule has 0 saturated heterocycles. The molecule has 0 atom stereocenters. The number of carbonyl (C=O) groups excluding carboxylic acids is 1. The van der Waals surface area contributed by atoms with Crippen LogP contribution in [0.5, 0.6) is 0 Å². The van der Waals surface area contributed by atoms with Crippen LogP contribution in [0.1, 0.15) is 59.3 Å². The highest BCUT2D eigenvalue weighted by molar-refractivity contribution is 5.71. The second kappa shape index (κ2) is 10.9. The van der Waals surface area contributed by atoms with Gasteiger partial charge in [-0.25, -0.2) is 4.79 Å². The van der Waals surface area contributed by atoms with Crippen molar-refractivity contribution < 1.29 is 19.6 Å². The first kappa shape index (κ1) is 15.4. The Morgan fingerprint density at radius 1 is 1.06 bits per heavy atom. The van der Waals surface area contributed by atoms with Crippen LogP contribution >= 0.6 is 0 Å². The fourth-order valence-electron chi connectivity index (χ4n) is 1.37. The van der Waals surface area contributed by atoms with E-state index in [9.17, 15) is 4.79 Å². The van der Waals surface area contributed by atoms with E-state index in [1.165, 1.54) is 12.8 Å². The molecule has 0 aliphatic carbocycles. The summed E-state index contributed by atoms with van der Waals surface area (Å²) in [4.78, 5) is 20.6. The van der Waals surface area contributed by atoms with Crippen molar-refractivity contribution >= 4 is 5.97 Å². The first-order valence-electron chi connectivity index (χ1n) is 6.26. The molecule has 0 heterocycles. The van der Waals surface area contributed by atoms with Crippen LogP contribution in [0, 0.1) is 5.92 Å². The maximum atomic E-state index is 11.3. The van der Waals surface area contributed by atoms with Crippen LogP contribution in [-0.2, 0) is 19.6 Å². The van der Waals surface area contributed by atoms with E-state index in [-0.39, 0.29) is 11.9 Å². The molecule has 0 N–H and O–H groups in total. The van der Waals surface area contributed by atoms with Gasteiger partial charge < -0.3 is 0 Å². The number of hydrogen-bond donors (Lipinski definition) is 0. The lowest BCUT2D eigenvalue weighted by Crippen LogP contribution is -2.16. The molecule has 0 aromatic rings. The summed E-state index contributed by atoms with van der Waals surface area (Å²) in [7, 11) is 0. The highest BCUT2D eigenvalue weighted by Crippen LogP contribution is 2.09. The summed E-state index contributed by atoms with van der Waals surface area (Å²) in [6, 6.07) is 0. The van der Waals surface area contributed by atoms with E-state index in [0.29, 0.717) is 6.61 Å². The standard InChI is InChI=1S/C12H24O4/c1-4-7-8-9-10-14-16-15-12(13)11(5-2)6-3/h11H,4-10H2,1-3H3. The summed E-state index contributed by atoms with van der Waals surface area (Å²) in [6.45, 7) is 6.51. The first-order valence-corrected chi connectivity index (χ1v) is 6.26. The second-order valence-corrected chi connectivity index (χ2v) is 3.87. The maximum absolute atomic E-state index is 11.3. The highest BCUT2D eigenvalue weighted by Gasteiger charge is 2.16. The SMILES string of the molecule is CCCCCCOOOC(=O)C(CC)CC. The van der Waals surface area contributed by atoms with E-state index in [1.807, 2.05) is 13.8 Å². The molecule has 0 bridgehead atoms. The van der Waals surface area contributed by atoms with Crippen molar-refractivity contribution in [2.45, 2.75) is 59.3 Å². The van der Waals surface area contributed by atoms with Crippen molar-refractivity contribution in [1.29, 1.82) is 0 Å². The molecule has 0 spiro atoms. The van der Waals surface area contributed by atoms with Crippen LogP contribution < -0.4 is 0 Å². The van der Waals surface area contributed by atoms with Gasteiger partial charge in [0.2, 0.25) is 0 Å². The van der Waals surface area contributed by atoms with Crippen molar-refractivity contribution in [3.63, 3.8) is 0 Å². The number of rotatable bonds is 10. The van der Waals surface area contributed by atoms with Crippen LogP contribution in [-0.4, -0.2) is 12.6 Å². The van der Waals surface area contributed by atoms with Gasteiger partial charge in [-0.3, -0.25) is 4.89 Å². The Hall–Kier alpha value is -0.610. The quantitative estimate of drug-likeness (QED) is 0.329. The number of carbonyl (C=O) groups is 1. The van der Waals surface area contributed by atoms with Crippen molar-refractivity contribution in [2.75, 3.05) is 6.61 Å². The zero-order valence-electron chi connectivity index (χ0n) is 10.7. The summed E-state index contributed by atoms with van der Waals surface area (Å²) < 4.78 is 0. The summed E-state index contributed by atoms with van der Waals surface area (Å²) in [5.74, 6) is -0.442. The molecule has 0 amide bonds. The molecule has 96 valence electrons. The first-order chi connectivity index (χ1) is 7.76. The average Bonchev–Trinajstić information content (AvgIpc) is 2.29. The molecule has 16 heavy (non-hydrogen) atoms. The van der Waals surface area contributed by atoms with Gasteiger partial charge in [0, 0.05) is 0 Å². The fourth-order valence-corrected chi connectivity index (χ4v) is 1.37. The fraction of sp³-hybridized carbons (Fsp3) is 0.917. The third kappa shape index (κ3) is 7.65. The van der Waals surface area contributed by atoms with E-state index < -0.39 is 0 Å². The Kier molecular flexibility index (Phi) is 10.5. The predicted octanol–water partition coefficient (Wildman–Crippen LogP) is 3.41. The lowest BCUT2D eigenvalue weighted by atomic mass is 10.0. The maximum Gasteiger partial charge on any atom is 0.348 e. The van der Waals surface area contributed by atoms with Crippen molar-refractivity contribution in [1.82, 2.24) is 0 Å². The minimum atomic E-state index is -0.349. The number of unbranched alkanes of at least 4 members (excludes halogenated alkanes) is 3. The van der Waals surface area contributed by atoms with Gasteiger partial charge in [-0.15, -0.1) is 0 Å². The molecule has 0 radical (unpaired) electrons. The van der Waals surface area contributed by atoms with E-state index in [4.69, 9.17) is 4.89 Å². The van der Waals surface area contributed by atoms with Crippen molar-refractivity contribution in [3.05, 3.63) is 0 Å². The van der Waals surface area contributed by atoms with Crippen LogP contribution in [0.3, 0.4) is 0 Å². The van der Waals surface area contributed by atoms with Gasteiger partial charge in [-0.2, -0.15) is 4.89 Å². The number of hydrogen-bond acceptors (Lipinski definition) is 4. The molecule has 0 unspecified atom stereocenters. The van der Waals surface area contributed by atoms with Gasteiger partial charge in [0.05, 0.1) is 12.5 Å². The zero-order valence-corrected chi connectivity index (χ0v) is 10.7. The second-order valence-electron chi connectivity index (χ2n) is 3.87. The Labute approximate surface area is 98.1 Å². The van der Waals surface area contributed by atoms with Crippen LogP contribution in [0.4, 0.5) is 0 Å². The summed E-state index contributed by atoms with van der Waals surface area (Å²) in [5.41, 5.74) is 0. The minimum absolute atomic E-state index is 0.0938. The molecule has 0 aliphatic rings. The van der Waals surface area contributed by atoms with E-state index in [0.717, 1.165) is 25.7 Å². The van der Waals surface area contributed by atoms with Crippen molar-refractivity contribution in [2.24, 2.45) is 5.92 Å². The van der Waals surface area contributed by atoms with Crippen molar-refractivity contribution in [3.8, 4) is 0 Å². The lowest BCUT2D eigenvalue weighted by Gasteiger charge is -2.09. The average molecular weight is 232 g/mol. The normalized spacial score (nSPS) is 10.8. The Balaban J connectivity index is 3.33. The summed E-state index contributed by atoms with van der Waals surface area (Å²) in [6.07, 6.45) is 5.93. The summed E-state index contributed by atoms with van der Waals surface area (Å²) in [5, 5.41) is 4.41. The molecule has 0 fully saturated rings. The van der Waals surface area contributed by atoms with Gasteiger partial charge in [0.1, 0.15) is 0 Å². The lowest BCUT2D eigenvalue weighted by molar-refractivity contribution is -0.487. The van der Waals surface area contributed by atoms with E-state index >= 15 is 0 Å². The van der Waals surface area contributed by atoms with Gasteiger partial charge in [0.25, 0.3) is 0 Å². The minimum Gasteiger partial charge on any atom is -0.269 e. The predicted molar refractivity (Wildman–Crippen MR) is 61.3 cm³/mol. The van der Waals surface area contributed by atoms with Crippen LogP contribution in [0.25, 0.3) is 0 Å². The highest BCUT2D eigenvalue weighted by atomic mass is 17.5. The topological polar surface area (TPSA) is 44.8 Å². The van der Waals surface area contributed by atoms with Gasteiger partial charge >= 0.3 is 5.97 Å². The zero-order chi connectivity index (χ0) is 12.2. The molecule has 0 aromatic heterocycles. The molecule has 0 aliphatic heterocycles. The third-order valence-corrected chi connectivity index (χ3v) is 2.56. The van der Waals surface area contributed by atoms with E-state index in [1.54, 1.807) is 0 Å². The van der Waals surface area contributed by atoms with Crippen LogP contribution in [0.2, 0.25) is 0 Å². The van der Waals surface area contributed by atoms with Gasteiger partial charge in [-0.1, -0.05) is 40.0 Å². The molecule has 0 rings (SSSR count). The molecule has 4 nitrogen and oxygen atoms in total. The Bertz CT molecular complexity index is 166. The summed E-state index contributed by atoms with van der Waals surface area (Å²) >= 11 is 0. The monoisotopic (exact) mass is 232 g/mol. The molecule has 0 aromatic carbocycles. The smallest absolute Gasteiger partial charge is 0.269 e. The Morgan fingerprint density at radius 3 is 2.31 bits per heavy atom. The third-order valence-electron chi connectivity index (χ3n) is 2.56. The Morgan fingerprint density at radius 2 is 1.75 bits per heavy atom. The van der Waals surface area contributed by atoms with Crippen LogP contribution in [0.15, 0.2) is 0 Å². The molecule has 0 saturated carbocycles. The molecular weight excluding hydrogens is 208 g/mol. The van der Waals surface area contributed by atoms with Gasteiger partial charge in [0.15, 0.2) is 0 Å². The molecular formula is C12H24O4. The molecule has 4 heteroatoms.